The van der Waals surface area contributed by atoms with Gasteiger partial charge in [0.15, 0.2) is 6.61 Å². The summed E-state index contributed by atoms with van der Waals surface area (Å²) in [5, 5.41) is 12.6. The van der Waals surface area contributed by atoms with Crippen LogP contribution in [0, 0.1) is 31.1 Å². The second kappa shape index (κ2) is 10.5. The summed E-state index contributed by atoms with van der Waals surface area (Å²) >= 11 is 0. The molecule has 0 aliphatic carbocycles. The molecule has 1 fully saturated rings. The van der Waals surface area contributed by atoms with Crippen molar-refractivity contribution in [2.24, 2.45) is 5.92 Å². The zero-order valence-corrected chi connectivity index (χ0v) is 20.9. The Morgan fingerprint density at radius 2 is 1.89 bits per heavy atom. The highest BCUT2D eigenvalue weighted by Crippen LogP contribution is 2.27. The SMILES string of the molecule is Cc1cc(/C=C(\C#N)C(=O)OCC(=O)NN2C(=O)NC(C)(c3ccccc3)C2=O)c(C)n1CC(C)C. The molecule has 36 heavy (non-hydrogen) atoms. The van der Waals surface area contributed by atoms with Crippen molar-refractivity contribution in [3.63, 3.8) is 0 Å². The minimum atomic E-state index is -1.36. The van der Waals surface area contributed by atoms with Crippen molar-refractivity contribution in [2.75, 3.05) is 6.61 Å². The zero-order valence-electron chi connectivity index (χ0n) is 20.9. The molecule has 1 aromatic heterocycles. The Bertz CT molecular complexity index is 1270. The summed E-state index contributed by atoms with van der Waals surface area (Å²) < 4.78 is 7.07. The van der Waals surface area contributed by atoms with E-state index in [2.05, 4.69) is 29.2 Å². The van der Waals surface area contributed by atoms with Crippen LogP contribution in [0.25, 0.3) is 6.08 Å². The fraction of sp³-hybridized carbons (Fsp3) is 0.346. The molecule has 1 saturated heterocycles. The van der Waals surface area contributed by atoms with E-state index in [1.165, 1.54) is 13.0 Å². The van der Waals surface area contributed by atoms with Gasteiger partial charge in [-0.3, -0.25) is 15.0 Å². The van der Waals surface area contributed by atoms with E-state index in [9.17, 15) is 24.4 Å². The first kappa shape index (κ1) is 26.2. The van der Waals surface area contributed by atoms with Crippen LogP contribution in [-0.2, 0) is 31.2 Å². The number of aromatic nitrogens is 1. The van der Waals surface area contributed by atoms with E-state index < -0.39 is 36.0 Å². The van der Waals surface area contributed by atoms with Gasteiger partial charge in [0.05, 0.1) is 0 Å². The molecule has 1 atom stereocenters. The highest BCUT2D eigenvalue weighted by molar-refractivity contribution is 6.08. The number of benzene rings is 1. The summed E-state index contributed by atoms with van der Waals surface area (Å²) in [6, 6.07) is 11.4. The van der Waals surface area contributed by atoms with Gasteiger partial charge in [-0.1, -0.05) is 44.2 Å². The van der Waals surface area contributed by atoms with E-state index in [1.807, 2.05) is 19.9 Å². The summed E-state index contributed by atoms with van der Waals surface area (Å²) in [7, 11) is 0. The number of esters is 1. The lowest BCUT2D eigenvalue weighted by Gasteiger charge is -2.22. The summed E-state index contributed by atoms with van der Waals surface area (Å²) in [5.74, 6) is -2.17. The molecular weight excluding hydrogens is 462 g/mol. The molecule has 1 aliphatic rings. The minimum Gasteiger partial charge on any atom is -0.451 e. The van der Waals surface area contributed by atoms with Gasteiger partial charge in [-0.05, 0) is 50.0 Å². The number of carbonyl (C=O) groups is 4. The van der Waals surface area contributed by atoms with Gasteiger partial charge in [0.1, 0.15) is 17.2 Å². The standard InChI is InChI=1S/C26H29N5O5/c1-16(2)14-30-17(3)11-19(18(30)4)12-20(13-27)23(33)36-15-22(32)29-31-24(34)26(5,28-25(31)35)21-9-7-6-8-10-21/h6-12,16H,14-15H2,1-5H3,(H,28,35)(H,29,32)/b20-12+. The monoisotopic (exact) mass is 491 g/mol. The third kappa shape index (κ3) is 5.30. The van der Waals surface area contributed by atoms with Gasteiger partial charge in [0.2, 0.25) is 0 Å². The summed E-state index contributed by atoms with van der Waals surface area (Å²) in [5.41, 5.74) is 3.66. The topological polar surface area (TPSA) is 134 Å². The highest BCUT2D eigenvalue weighted by Gasteiger charge is 2.50. The average Bonchev–Trinajstić information content (AvgIpc) is 3.23. The largest absolute Gasteiger partial charge is 0.451 e. The molecule has 10 nitrogen and oxygen atoms in total. The molecule has 4 amide bonds. The van der Waals surface area contributed by atoms with Gasteiger partial charge in [0, 0.05) is 17.9 Å². The fourth-order valence-corrected chi connectivity index (χ4v) is 3.99. The molecule has 0 saturated carbocycles. The van der Waals surface area contributed by atoms with E-state index in [4.69, 9.17) is 4.74 Å². The molecule has 10 heteroatoms. The smallest absolute Gasteiger partial charge is 0.349 e. The van der Waals surface area contributed by atoms with Gasteiger partial charge in [0.25, 0.3) is 11.8 Å². The number of aryl methyl sites for hydroxylation is 1. The summed E-state index contributed by atoms with van der Waals surface area (Å²) in [4.78, 5) is 50.0. The molecule has 1 aliphatic heterocycles. The molecule has 1 aromatic carbocycles. The van der Waals surface area contributed by atoms with Crippen LogP contribution < -0.4 is 10.7 Å². The number of nitrogens with one attached hydrogen (secondary N) is 2. The van der Waals surface area contributed by atoms with E-state index >= 15 is 0 Å². The predicted octanol–water partition coefficient (Wildman–Crippen LogP) is 2.71. The third-order valence-electron chi connectivity index (χ3n) is 5.91. The molecule has 2 heterocycles. The number of ether oxygens (including phenoxy) is 1. The molecule has 0 spiro atoms. The van der Waals surface area contributed by atoms with Gasteiger partial charge in [-0.25, -0.2) is 9.59 Å². The highest BCUT2D eigenvalue weighted by atomic mass is 16.5. The lowest BCUT2D eigenvalue weighted by molar-refractivity contribution is -0.147. The van der Waals surface area contributed by atoms with Gasteiger partial charge in [-0.15, -0.1) is 0 Å². The van der Waals surface area contributed by atoms with E-state index in [0.29, 0.717) is 22.1 Å². The minimum absolute atomic E-state index is 0.278. The Morgan fingerprint density at radius 1 is 1.22 bits per heavy atom. The van der Waals surface area contributed by atoms with Crippen LogP contribution in [0.1, 0.15) is 43.3 Å². The third-order valence-corrected chi connectivity index (χ3v) is 5.91. The van der Waals surface area contributed by atoms with Crippen LogP contribution in [0.2, 0.25) is 0 Å². The Labute approximate surface area is 209 Å². The number of nitriles is 1. The van der Waals surface area contributed by atoms with E-state index in [-0.39, 0.29) is 5.57 Å². The summed E-state index contributed by atoms with van der Waals surface area (Å²) in [6.45, 7) is 9.57. The number of carbonyl (C=O) groups excluding carboxylic acids is 4. The first-order chi connectivity index (χ1) is 17.0. The molecule has 2 N–H and O–H groups in total. The van der Waals surface area contributed by atoms with Crippen molar-refractivity contribution >= 4 is 29.9 Å². The zero-order chi connectivity index (χ0) is 26.6. The number of hydrogen-bond donors (Lipinski definition) is 2. The lowest BCUT2D eigenvalue weighted by atomic mass is 9.92. The Morgan fingerprint density at radius 3 is 2.50 bits per heavy atom. The Balaban J connectivity index is 1.64. The number of hydrogen-bond acceptors (Lipinski definition) is 6. The second-order valence-electron chi connectivity index (χ2n) is 9.17. The lowest BCUT2D eigenvalue weighted by Crippen LogP contribution is -2.49. The van der Waals surface area contributed by atoms with Crippen molar-refractivity contribution < 1.29 is 23.9 Å². The van der Waals surface area contributed by atoms with Crippen molar-refractivity contribution in [2.45, 2.75) is 46.7 Å². The fourth-order valence-electron chi connectivity index (χ4n) is 3.99. The number of imide groups is 1. The van der Waals surface area contributed by atoms with E-state index in [0.717, 1.165) is 17.9 Å². The van der Waals surface area contributed by atoms with Crippen molar-refractivity contribution in [3.8, 4) is 6.07 Å². The van der Waals surface area contributed by atoms with Crippen LogP contribution >= 0.6 is 0 Å². The predicted molar refractivity (Wildman–Crippen MR) is 131 cm³/mol. The van der Waals surface area contributed by atoms with Gasteiger partial charge < -0.3 is 14.6 Å². The average molecular weight is 492 g/mol. The van der Waals surface area contributed by atoms with Crippen molar-refractivity contribution in [1.82, 2.24) is 20.3 Å². The molecule has 2 aromatic rings. The Kier molecular flexibility index (Phi) is 7.63. The second-order valence-corrected chi connectivity index (χ2v) is 9.17. The van der Waals surface area contributed by atoms with Crippen LogP contribution in [0.4, 0.5) is 4.79 Å². The molecule has 3 rings (SSSR count). The van der Waals surface area contributed by atoms with Gasteiger partial charge >= 0.3 is 12.0 Å². The normalized spacial score (nSPS) is 17.7. The van der Waals surface area contributed by atoms with Gasteiger partial charge in [-0.2, -0.15) is 10.3 Å². The number of amides is 4. The Hall–Kier alpha value is -4.39. The maximum Gasteiger partial charge on any atom is 0.349 e. The molecular formula is C26H29N5O5. The van der Waals surface area contributed by atoms with Crippen LogP contribution in [-0.4, -0.2) is 40.0 Å². The van der Waals surface area contributed by atoms with Crippen LogP contribution in [0.5, 0.6) is 0 Å². The van der Waals surface area contributed by atoms with Crippen LogP contribution in [0.3, 0.4) is 0 Å². The number of nitrogens with zero attached hydrogens (tertiary/aromatic N) is 3. The number of urea groups is 1. The molecule has 0 radical (unpaired) electrons. The molecule has 1 unspecified atom stereocenters. The van der Waals surface area contributed by atoms with Crippen molar-refractivity contribution in [1.29, 1.82) is 5.26 Å². The van der Waals surface area contributed by atoms with Crippen molar-refractivity contribution in [3.05, 3.63) is 64.5 Å². The van der Waals surface area contributed by atoms with E-state index in [1.54, 1.807) is 36.4 Å². The quantitative estimate of drug-likeness (QED) is 0.252. The first-order valence-electron chi connectivity index (χ1n) is 11.4. The molecule has 0 bridgehead atoms. The first-order valence-corrected chi connectivity index (χ1v) is 11.4. The molecule has 188 valence electrons. The van der Waals surface area contributed by atoms with Crippen LogP contribution in [0.15, 0.2) is 42.0 Å². The maximum atomic E-state index is 12.9. The number of rotatable bonds is 8. The summed E-state index contributed by atoms with van der Waals surface area (Å²) in [6.07, 6.45) is 1.42. The maximum absolute atomic E-state index is 12.9. The number of hydrazine groups is 1.